The predicted molar refractivity (Wildman–Crippen MR) is 127 cm³/mol. The third-order valence-corrected chi connectivity index (χ3v) is 6.00. The molecule has 2 aromatic carbocycles. The zero-order valence-electron chi connectivity index (χ0n) is 17.8. The second-order valence-corrected chi connectivity index (χ2v) is 8.46. The molecule has 164 valence electrons. The van der Waals surface area contributed by atoms with Gasteiger partial charge in [0, 0.05) is 22.9 Å². The fraction of sp³-hybridized carbons (Fsp3) is 0.269. The number of halogens is 1. The number of nitrogens with one attached hydrogen (secondary N) is 1. The molecule has 0 bridgehead atoms. The van der Waals surface area contributed by atoms with Crippen LogP contribution in [0.4, 0.5) is 5.69 Å². The molecule has 1 aliphatic carbocycles. The first-order valence-corrected chi connectivity index (χ1v) is 11.4. The predicted octanol–water partition coefficient (Wildman–Crippen LogP) is 5.57. The second-order valence-electron chi connectivity index (χ2n) is 8.03. The number of carbonyl (C=O) groups excluding carboxylic acids is 2. The maximum atomic E-state index is 13.7. The number of pyridine rings is 1. The minimum absolute atomic E-state index is 0.119. The molecule has 1 aromatic heterocycles. The van der Waals surface area contributed by atoms with Gasteiger partial charge in [0.15, 0.2) is 0 Å². The first-order chi connectivity index (χ1) is 15.6. The molecular formula is C26H26ClN3O2. The molecule has 5 nitrogen and oxygen atoms in total. The summed E-state index contributed by atoms with van der Waals surface area (Å²) in [6.07, 6.45) is 6.89. The third-order valence-electron chi connectivity index (χ3n) is 5.76. The van der Waals surface area contributed by atoms with Crippen LogP contribution in [0.1, 0.15) is 54.2 Å². The Hall–Kier alpha value is -3.18. The Morgan fingerprint density at radius 3 is 2.38 bits per heavy atom. The van der Waals surface area contributed by atoms with Crippen molar-refractivity contribution >= 4 is 29.1 Å². The molecule has 0 radical (unpaired) electrons. The summed E-state index contributed by atoms with van der Waals surface area (Å²) in [6, 6.07) is 20.8. The van der Waals surface area contributed by atoms with Crippen molar-refractivity contribution in [3.05, 3.63) is 95.3 Å². The Labute approximate surface area is 193 Å². The van der Waals surface area contributed by atoms with Crippen LogP contribution in [0.2, 0.25) is 5.02 Å². The minimum Gasteiger partial charge on any atom is -0.351 e. The molecule has 2 amide bonds. The first kappa shape index (κ1) is 22.0. The molecule has 0 spiro atoms. The van der Waals surface area contributed by atoms with Gasteiger partial charge in [-0.1, -0.05) is 73.3 Å². The van der Waals surface area contributed by atoms with Gasteiger partial charge in [-0.3, -0.25) is 19.5 Å². The fourth-order valence-corrected chi connectivity index (χ4v) is 4.39. The molecule has 0 saturated heterocycles. The second kappa shape index (κ2) is 10.4. The first-order valence-electron chi connectivity index (χ1n) is 11.0. The van der Waals surface area contributed by atoms with Gasteiger partial charge in [-0.05, 0) is 48.7 Å². The lowest BCUT2D eigenvalue weighted by Crippen LogP contribution is -2.47. The summed E-state index contributed by atoms with van der Waals surface area (Å²) in [5.41, 5.74) is 1.53. The van der Waals surface area contributed by atoms with Gasteiger partial charge in [-0.2, -0.15) is 0 Å². The smallest absolute Gasteiger partial charge is 0.277 e. The van der Waals surface area contributed by atoms with E-state index in [1.165, 1.54) is 11.3 Å². The highest BCUT2D eigenvalue weighted by Crippen LogP contribution is 2.31. The molecule has 0 unspecified atom stereocenters. The standard InChI is InChI=1S/C26H26ClN3O2/c27-20-12-9-15-22(18-20)30(26(32)23-16-7-8-17-28-23)24(19-10-3-1-4-11-19)25(31)29-21-13-5-2-6-14-21/h1,3-4,7-12,15-18,21,24H,2,5-6,13-14H2,(H,29,31)/t24-/m0/s1. The third kappa shape index (κ3) is 5.17. The van der Waals surface area contributed by atoms with Crippen molar-refractivity contribution in [2.75, 3.05) is 4.90 Å². The van der Waals surface area contributed by atoms with Crippen LogP contribution in [0.25, 0.3) is 0 Å². The molecule has 1 atom stereocenters. The number of aromatic nitrogens is 1. The normalized spacial score (nSPS) is 15.0. The van der Waals surface area contributed by atoms with Gasteiger partial charge in [0.1, 0.15) is 11.7 Å². The Morgan fingerprint density at radius 2 is 1.69 bits per heavy atom. The molecular weight excluding hydrogens is 422 g/mol. The van der Waals surface area contributed by atoms with Gasteiger partial charge >= 0.3 is 0 Å². The summed E-state index contributed by atoms with van der Waals surface area (Å²) >= 11 is 6.27. The molecule has 1 fully saturated rings. The van der Waals surface area contributed by atoms with Gasteiger partial charge in [0.25, 0.3) is 5.91 Å². The van der Waals surface area contributed by atoms with Crippen LogP contribution in [0, 0.1) is 0 Å². The Morgan fingerprint density at radius 1 is 0.938 bits per heavy atom. The van der Waals surface area contributed by atoms with Crippen molar-refractivity contribution in [1.82, 2.24) is 10.3 Å². The zero-order chi connectivity index (χ0) is 22.3. The zero-order valence-corrected chi connectivity index (χ0v) is 18.5. The summed E-state index contributed by atoms with van der Waals surface area (Å²) in [7, 11) is 0. The molecule has 4 rings (SSSR count). The summed E-state index contributed by atoms with van der Waals surface area (Å²) in [5, 5.41) is 3.69. The van der Waals surface area contributed by atoms with Crippen LogP contribution in [0.15, 0.2) is 79.0 Å². The highest BCUT2D eigenvalue weighted by atomic mass is 35.5. The van der Waals surface area contributed by atoms with E-state index in [-0.39, 0.29) is 23.6 Å². The molecule has 1 N–H and O–H groups in total. The summed E-state index contributed by atoms with van der Waals surface area (Å²) < 4.78 is 0. The van der Waals surface area contributed by atoms with Crippen LogP contribution >= 0.6 is 11.6 Å². The van der Waals surface area contributed by atoms with Crippen molar-refractivity contribution in [2.45, 2.75) is 44.2 Å². The lowest BCUT2D eigenvalue weighted by Gasteiger charge is -2.33. The van der Waals surface area contributed by atoms with Gasteiger partial charge in [-0.25, -0.2) is 0 Å². The summed E-state index contributed by atoms with van der Waals surface area (Å²) in [6.45, 7) is 0. The van der Waals surface area contributed by atoms with E-state index in [9.17, 15) is 9.59 Å². The molecule has 0 aliphatic heterocycles. The maximum absolute atomic E-state index is 13.7. The van der Waals surface area contributed by atoms with Crippen molar-refractivity contribution in [2.24, 2.45) is 0 Å². The van der Waals surface area contributed by atoms with Gasteiger partial charge in [0.2, 0.25) is 5.91 Å². The van der Waals surface area contributed by atoms with Crippen LogP contribution < -0.4 is 10.2 Å². The van der Waals surface area contributed by atoms with Gasteiger partial charge in [0.05, 0.1) is 0 Å². The highest BCUT2D eigenvalue weighted by molar-refractivity contribution is 6.31. The van der Waals surface area contributed by atoms with Crippen molar-refractivity contribution in [3.63, 3.8) is 0 Å². The van der Waals surface area contributed by atoms with Crippen LogP contribution in [-0.4, -0.2) is 22.8 Å². The van der Waals surface area contributed by atoms with E-state index in [0.29, 0.717) is 10.7 Å². The van der Waals surface area contributed by atoms with Crippen LogP contribution in [0.3, 0.4) is 0 Å². The number of carbonyl (C=O) groups is 2. The number of hydrogen-bond acceptors (Lipinski definition) is 3. The van der Waals surface area contributed by atoms with Crippen molar-refractivity contribution in [1.29, 1.82) is 0 Å². The van der Waals surface area contributed by atoms with Crippen molar-refractivity contribution < 1.29 is 9.59 Å². The van der Waals surface area contributed by atoms with E-state index in [4.69, 9.17) is 11.6 Å². The highest BCUT2D eigenvalue weighted by Gasteiger charge is 2.35. The molecule has 1 heterocycles. The Balaban J connectivity index is 1.78. The van der Waals surface area contributed by atoms with Crippen LogP contribution in [0.5, 0.6) is 0 Å². The molecule has 32 heavy (non-hydrogen) atoms. The van der Waals surface area contributed by atoms with Crippen LogP contribution in [-0.2, 0) is 4.79 Å². The maximum Gasteiger partial charge on any atom is 0.277 e. The number of hydrogen-bond donors (Lipinski definition) is 1. The van der Waals surface area contributed by atoms with Gasteiger partial charge < -0.3 is 5.32 Å². The van der Waals surface area contributed by atoms with E-state index >= 15 is 0 Å². The minimum atomic E-state index is -0.855. The fourth-order valence-electron chi connectivity index (χ4n) is 4.20. The van der Waals surface area contributed by atoms with E-state index in [1.54, 1.807) is 48.7 Å². The number of nitrogens with zero attached hydrogens (tertiary/aromatic N) is 2. The average molecular weight is 448 g/mol. The Kier molecular flexibility index (Phi) is 7.17. The number of benzene rings is 2. The topological polar surface area (TPSA) is 62.3 Å². The lowest BCUT2D eigenvalue weighted by molar-refractivity contribution is -0.123. The quantitative estimate of drug-likeness (QED) is 0.537. The van der Waals surface area contributed by atoms with E-state index < -0.39 is 6.04 Å². The molecule has 1 aliphatic rings. The van der Waals surface area contributed by atoms with Gasteiger partial charge in [-0.15, -0.1) is 0 Å². The number of amides is 2. The van der Waals surface area contributed by atoms with E-state index in [0.717, 1.165) is 31.2 Å². The lowest BCUT2D eigenvalue weighted by atomic mass is 9.94. The summed E-state index contributed by atoms with van der Waals surface area (Å²) in [5.74, 6) is -0.562. The monoisotopic (exact) mass is 447 g/mol. The summed E-state index contributed by atoms with van der Waals surface area (Å²) in [4.78, 5) is 33.1. The number of anilines is 1. The SMILES string of the molecule is O=C(NC1CCCCC1)[C@H](c1ccccc1)N(C(=O)c1ccccn1)c1cccc(Cl)c1. The molecule has 6 heteroatoms. The Bertz CT molecular complexity index is 1050. The molecule has 3 aromatic rings. The number of rotatable bonds is 6. The van der Waals surface area contributed by atoms with E-state index in [1.807, 2.05) is 30.3 Å². The van der Waals surface area contributed by atoms with Crippen molar-refractivity contribution in [3.8, 4) is 0 Å². The average Bonchev–Trinajstić information content (AvgIpc) is 2.83. The van der Waals surface area contributed by atoms with E-state index in [2.05, 4.69) is 10.3 Å². The largest absolute Gasteiger partial charge is 0.351 e. The molecule has 1 saturated carbocycles.